The Hall–Kier alpha value is -3.84. The zero-order valence-electron chi connectivity index (χ0n) is 22.8. The molecule has 40 heavy (non-hydrogen) atoms. The predicted octanol–water partition coefficient (Wildman–Crippen LogP) is 2.89. The average Bonchev–Trinajstić information content (AvgIpc) is 3.21. The number of nitriles is 1. The lowest BCUT2D eigenvalue weighted by molar-refractivity contribution is -0.176. The first-order valence-electron chi connectivity index (χ1n) is 13.0. The number of hydrogen-bond acceptors (Lipinski definition) is 6. The van der Waals surface area contributed by atoms with Crippen LogP contribution in [0.5, 0.6) is 0 Å². The van der Waals surface area contributed by atoms with Crippen molar-refractivity contribution in [3.63, 3.8) is 0 Å². The van der Waals surface area contributed by atoms with Crippen LogP contribution in [-0.4, -0.2) is 59.4 Å². The highest BCUT2D eigenvalue weighted by atomic mass is 19.4. The quantitative estimate of drug-likeness (QED) is 0.460. The largest absolute Gasteiger partial charge is 0.471 e. The van der Waals surface area contributed by atoms with Crippen molar-refractivity contribution in [3.05, 3.63) is 35.5 Å². The van der Waals surface area contributed by atoms with E-state index in [4.69, 9.17) is 0 Å². The molecule has 4 rings (SSSR count). The van der Waals surface area contributed by atoms with Crippen LogP contribution in [0.1, 0.15) is 52.5 Å². The van der Waals surface area contributed by atoms with Gasteiger partial charge in [-0.15, -0.1) is 0 Å². The van der Waals surface area contributed by atoms with E-state index in [1.165, 1.54) is 25.7 Å². The second-order valence-electron chi connectivity index (χ2n) is 12.4. The van der Waals surface area contributed by atoms with Crippen LogP contribution in [0, 0.1) is 34.0 Å². The summed E-state index contributed by atoms with van der Waals surface area (Å²) in [6.07, 6.45) is -5.11. The van der Waals surface area contributed by atoms with E-state index in [9.17, 15) is 37.6 Å². The first kappa shape index (κ1) is 29.2. The molecule has 1 aliphatic carbocycles. The lowest BCUT2D eigenvalue weighted by Crippen LogP contribution is -2.61. The fraction of sp³-hybridized carbons (Fsp3) is 0.571. The van der Waals surface area contributed by atoms with Crippen molar-refractivity contribution in [2.45, 2.75) is 71.3 Å². The first-order chi connectivity index (χ1) is 18.5. The van der Waals surface area contributed by atoms with Gasteiger partial charge in [0.25, 0.3) is 0 Å². The number of piperidine rings is 1. The number of nitrogens with one attached hydrogen (secondary N) is 3. The number of alkyl halides is 3. The van der Waals surface area contributed by atoms with Gasteiger partial charge in [-0.1, -0.05) is 52.8 Å². The summed E-state index contributed by atoms with van der Waals surface area (Å²) in [6, 6.07) is 5.63. The van der Waals surface area contributed by atoms with Crippen molar-refractivity contribution >= 4 is 29.4 Å². The van der Waals surface area contributed by atoms with Gasteiger partial charge in [-0.3, -0.25) is 14.4 Å². The molecule has 1 aromatic carbocycles. The fourth-order valence-electron chi connectivity index (χ4n) is 6.12. The van der Waals surface area contributed by atoms with Gasteiger partial charge in [-0.2, -0.15) is 18.4 Å². The van der Waals surface area contributed by atoms with Crippen molar-refractivity contribution in [3.8, 4) is 6.07 Å². The van der Waals surface area contributed by atoms with E-state index < -0.39 is 53.4 Å². The Morgan fingerprint density at radius 1 is 1.18 bits per heavy atom. The summed E-state index contributed by atoms with van der Waals surface area (Å²) >= 11 is 0. The highest BCUT2D eigenvalue weighted by Crippen LogP contribution is 2.65. The van der Waals surface area contributed by atoms with Gasteiger partial charge >= 0.3 is 12.1 Å². The van der Waals surface area contributed by atoms with Crippen LogP contribution in [-0.2, 0) is 19.2 Å². The third-order valence-corrected chi connectivity index (χ3v) is 8.41. The van der Waals surface area contributed by atoms with Crippen LogP contribution < -0.4 is 16.0 Å². The maximum Gasteiger partial charge on any atom is 0.471 e. The molecular weight excluding hydrogens is 527 g/mol. The second-order valence-corrected chi connectivity index (χ2v) is 12.4. The molecule has 6 atom stereocenters. The summed E-state index contributed by atoms with van der Waals surface area (Å²) in [7, 11) is 0. The van der Waals surface area contributed by atoms with Gasteiger partial charge in [0.2, 0.25) is 11.8 Å². The number of halogens is 3. The fourth-order valence-corrected chi connectivity index (χ4v) is 6.12. The smallest absolute Gasteiger partial charge is 0.349 e. The Morgan fingerprint density at radius 3 is 2.40 bits per heavy atom. The number of likely N-dealkylation sites (tertiary alicyclic amines) is 1. The SMILES string of the molecule is CC1(C)C2CN(C(=O)[C@@H](NC(=O)C(F)(F)F)C(C)(C)C)C(C(=O)N[C@H](C#N)CC3C(=C=O)Nc4ccccc43)C21. The molecule has 4 unspecified atom stereocenters. The average molecular weight is 560 g/mol. The molecule has 1 saturated carbocycles. The number of carbonyl (C=O) groups excluding carboxylic acids is 4. The van der Waals surface area contributed by atoms with Crippen molar-refractivity contribution in [2.24, 2.45) is 22.7 Å². The van der Waals surface area contributed by atoms with E-state index in [1.54, 1.807) is 18.2 Å². The van der Waals surface area contributed by atoms with E-state index in [2.05, 4.69) is 16.7 Å². The summed E-state index contributed by atoms with van der Waals surface area (Å²) in [5.41, 5.74) is 0.347. The molecule has 1 aromatic rings. The molecule has 2 aliphatic heterocycles. The van der Waals surface area contributed by atoms with Gasteiger partial charge < -0.3 is 20.9 Å². The molecule has 2 heterocycles. The van der Waals surface area contributed by atoms with E-state index >= 15 is 0 Å². The summed E-state index contributed by atoms with van der Waals surface area (Å²) in [4.78, 5) is 51.9. The number of allylic oxidation sites excluding steroid dienone is 1. The van der Waals surface area contributed by atoms with E-state index in [-0.39, 0.29) is 35.9 Å². The zero-order valence-corrected chi connectivity index (χ0v) is 22.8. The van der Waals surface area contributed by atoms with Crippen molar-refractivity contribution in [1.29, 1.82) is 5.26 Å². The Labute approximate surface area is 230 Å². The maximum absolute atomic E-state index is 13.7. The molecule has 3 N–H and O–H groups in total. The third-order valence-electron chi connectivity index (χ3n) is 8.41. The molecule has 3 aliphatic rings. The highest BCUT2D eigenvalue weighted by molar-refractivity contribution is 5.95. The molecule has 0 aromatic heterocycles. The molecule has 9 nitrogen and oxygen atoms in total. The Kier molecular flexibility index (Phi) is 7.26. The summed E-state index contributed by atoms with van der Waals surface area (Å²) in [5, 5.41) is 17.4. The topological polar surface area (TPSA) is 131 Å². The van der Waals surface area contributed by atoms with Crippen molar-refractivity contribution < 1.29 is 32.3 Å². The molecule has 1 saturated heterocycles. The van der Waals surface area contributed by atoms with E-state index in [0.717, 1.165) is 5.56 Å². The third kappa shape index (κ3) is 5.18. The highest BCUT2D eigenvalue weighted by Gasteiger charge is 2.70. The molecule has 0 bridgehead atoms. The number of carbonyl (C=O) groups is 3. The van der Waals surface area contributed by atoms with Crippen LogP contribution in [0.25, 0.3) is 0 Å². The summed E-state index contributed by atoms with van der Waals surface area (Å²) < 4.78 is 39.1. The lowest BCUT2D eigenvalue weighted by atomic mass is 9.85. The minimum Gasteiger partial charge on any atom is -0.349 e. The van der Waals surface area contributed by atoms with Gasteiger partial charge in [0, 0.05) is 18.2 Å². The van der Waals surface area contributed by atoms with Gasteiger partial charge in [0.15, 0.2) is 0 Å². The number of anilines is 1. The number of para-hydroxylation sites is 1. The predicted molar refractivity (Wildman–Crippen MR) is 138 cm³/mol. The Bertz CT molecular complexity index is 1320. The number of nitrogens with zero attached hydrogens (tertiary/aromatic N) is 2. The van der Waals surface area contributed by atoms with Gasteiger partial charge in [0.05, 0.1) is 6.07 Å². The van der Waals surface area contributed by atoms with Gasteiger partial charge in [0.1, 0.15) is 29.8 Å². The number of hydrogen-bond donors (Lipinski definition) is 3. The van der Waals surface area contributed by atoms with E-state index in [1.807, 2.05) is 31.2 Å². The van der Waals surface area contributed by atoms with Crippen LogP contribution in [0.3, 0.4) is 0 Å². The lowest BCUT2D eigenvalue weighted by Gasteiger charge is -2.37. The second kappa shape index (κ2) is 9.97. The molecule has 0 radical (unpaired) electrons. The normalized spacial score (nSPS) is 25.9. The first-order valence-corrected chi connectivity index (χ1v) is 13.0. The molecule has 2 fully saturated rings. The monoisotopic (exact) mass is 559 g/mol. The molecule has 0 spiro atoms. The molecular formula is C28H32F3N5O4. The number of benzene rings is 1. The van der Waals surface area contributed by atoms with Gasteiger partial charge in [-0.05, 0) is 40.7 Å². The zero-order chi connectivity index (χ0) is 29.8. The maximum atomic E-state index is 13.7. The summed E-state index contributed by atoms with van der Waals surface area (Å²) in [5.74, 6) is -2.61. The van der Waals surface area contributed by atoms with Crippen molar-refractivity contribution in [2.75, 3.05) is 11.9 Å². The minimum atomic E-state index is -5.18. The molecule has 3 amide bonds. The van der Waals surface area contributed by atoms with Crippen LogP contribution in [0.2, 0.25) is 0 Å². The van der Waals surface area contributed by atoms with Crippen LogP contribution in [0.4, 0.5) is 18.9 Å². The summed E-state index contributed by atoms with van der Waals surface area (Å²) in [6.45, 7) is 8.61. The Balaban J connectivity index is 1.56. The molecule has 214 valence electrons. The standard InChI is InChI=1S/C28H32F3N5O4/c1-26(2,3)22(35-25(40)28(29,30)31)24(39)36-12-17-20(27(17,4)5)21(36)23(38)33-14(11-32)10-16-15-8-6-7-9-18(15)34-19(16)13-37/h6-9,14,16-17,20-22,34H,10,12H2,1-5H3,(H,33,38)(H,35,40)/t14-,16?,17?,20?,21?,22+/m0/s1. The van der Waals surface area contributed by atoms with E-state index in [0.29, 0.717) is 5.69 Å². The van der Waals surface area contributed by atoms with Crippen LogP contribution >= 0.6 is 0 Å². The van der Waals surface area contributed by atoms with Crippen molar-refractivity contribution in [1.82, 2.24) is 15.5 Å². The number of rotatable bonds is 6. The molecule has 12 heteroatoms. The minimum absolute atomic E-state index is 0.0674. The van der Waals surface area contributed by atoms with Gasteiger partial charge in [-0.25, -0.2) is 4.79 Å². The van der Waals surface area contributed by atoms with Crippen LogP contribution in [0.15, 0.2) is 30.0 Å². The number of amides is 3. The number of fused-ring (bicyclic) bond motifs is 2. The Morgan fingerprint density at radius 2 is 1.82 bits per heavy atom.